The second kappa shape index (κ2) is 8.24. The topological polar surface area (TPSA) is 269 Å². The maximum atomic E-state index is 12.0. The molecular formula is C9H16N3O14P3. The smallest absolute Gasteiger partial charge is 0.387 e. The van der Waals surface area contributed by atoms with Crippen LogP contribution in [0.4, 0.5) is 0 Å². The number of aromatic amines is 1. The molecule has 17 nitrogen and oxygen atoms in total. The Morgan fingerprint density at radius 3 is 2.10 bits per heavy atom. The number of hydrogen-bond acceptors (Lipinski definition) is 9. The van der Waals surface area contributed by atoms with Gasteiger partial charge >= 0.3 is 28.9 Å². The van der Waals surface area contributed by atoms with Crippen molar-refractivity contribution < 1.29 is 57.6 Å². The van der Waals surface area contributed by atoms with Gasteiger partial charge in [0.05, 0.1) is 6.61 Å². The van der Waals surface area contributed by atoms with E-state index in [4.69, 9.17) is 24.3 Å². The van der Waals surface area contributed by atoms with Gasteiger partial charge in [0.25, 0.3) is 5.56 Å². The van der Waals surface area contributed by atoms with Gasteiger partial charge < -0.3 is 39.4 Å². The first-order chi connectivity index (χ1) is 13.1. The van der Waals surface area contributed by atoms with Crippen molar-refractivity contribution in [2.24, 2.45) is 0 Å². The van der Waals surface area contributed by atoms with Gasteiger partial charge in [-0.1, -0.05) is 0 Å². The Kier molecular flexibility index (Phi) is 6.89. The minimum atomic E-state index is -5.98. The van der Waals surface area contributed by atoms with E-state index in [9.17, 15) is 38.4 Å². The maximum Gasteiger partial charge on any atom is 0.425 e. The lowest BCUT2D eigenvalue weighted by molar-refractivity contribution is -0.0531. The van der Waals surface area contributed by atoms with Crippen LogP contribution in [-0.2, 0) is 23.0 Å². The van der Waals surface area contributed by atoms with E-state index in [1.165, 1.54) is 0 Å². The molecule has 1 fully saturated rings. The molecule has 1 saturated heterocycles. The van der Waals surface area contributed by atoms with E-state index in [-0.39, 0.29) is 0 Å². The van der Waals surface area contributed by atoms with Crippen molar-refractivity contribution in [2.45, 2.75) is 24.5 Å². The first-order valence-corrected chi connectivity index (χ1v) is 11.9. The predicted octanol–water partition coefficient (Wildman–Crippen LogP) is -3.24. The van der Waals surface area contributed by atoms with Crippen molar-refractivity contribution in [1.82, 2.24) is 13.8 Å². The van der Waals surface area contributed by atoms with Gasteiger partial charge in [-0.3, -0.25) is 18.9 Å². The molecule has 0 amide bonds. The number of nitrogens with one attached hydrogen (secondary N) is 1. The Bertz CT molecular complexity index is 987. The second-order valence-corrected chi connectivity index (χ2v) is 11.1. The molecule has 1 aromatic rings. The number of hydrogen-bond donors (Lipinski definition) is 8. The third-order valence-corrected chi connectivity index (χ3v) is 9.58. The quantitative estimate of drug-likeness (QED) is 0.177. The van der Waals surface area contributed by atoms with Crippen LogP contribution in [-0.4, -0.2) is 73.4 Å². The summed E-state index contributed by atoms with van der Waals surface area (Å²) in [6.45, 7) is -1.18. The lowest BCUT2D eigenvalue weighted by Crippen LogP contribution is -2.37. The SMILES string of the molecule is O=c1ccn([C@@H]2O[C@H](COP(=O)(O)N(P(=O)(O)O)P(=O)(O)O)[C@@H](O)[C@H]2O)c(=O)[nH]1. The van der Waals surface area contributed by atoms with Gasteiger partial charge in [0.15, 0.2) is 6.23 Å². The third-order valence-electron chi connectivity index (χ3n) is 3.56. The molecule has 166 valence electrons. The fraction of sp³-hybridized carbons (Fsp3) is 0.556. The minimum Gasteiger partial charge on any atom is -0.387 e. The van der Waals surface area contributed by atoms with E-state index in [1.54, 1.807) is 0 Å². The number of nitrogens with zero attached hydrogens (tertiary/aromatic N) is 2. The van der Waals surface area contributed by atoms with Crippen molar-refractivity contribution in [1.29, 1.82) is 0 Å². The largest absolute Gasteiger partial charge is 0.425 e. The molecule has 29 heavy (non-hydrogen) atoms. The lowest BCUT2D eigenvalue weighted by Gasteiger charge is -2.27. The van der Waals surface area contributed by atoms with Crippen LogP contribution < -0.4 is 11.2 Å². The monoisotopic (exact) mass is 483 g/mol. The highest BCUT2D eigenvalue weighted by Crippen LogP contribution is 2.73. The van der Waals surface area contributed by atoms with Crippen LogP contribution >= 0.6 is 23.2 Å². The first-order valence-electron chi connectivity index (χ1n) is 7.29. The molecule has 2 heterocycles. The van der Waals surface area contributed by atoms with Gasteiger partial charge in [-0.25, -0.2) is 18.5 Å². The zero-order chi connectivity index (χ0) is 22.4. The van der Waals surface area contributed by atoms with Crippen molar-refractivity contribution in [2.75, 3.05) is 6.61 Å². The zero-order valence-corrected chi connectivity index (χ0v) is 16.6. The fourth-order valence-corrected chi connectivity index (χ4v) is 6.72. The van der Waals surface area contributed by atoms with Crippen LogP contribution in [0.25, 0.3) is 0 Å². The molecular weight excluding hydrogens is 467 g/mol. The summed E-state index contributed by atoms with van der Waals surface area (Å²) >= 11 is 0. The molecule has 0 aromatic carbocycles. The summed E-state index contributed by atoms with van der Waals surface area (Å²) < 4.78 is 43.1. The van der Waals surface area contributed by atoms with Crippen molar-refractivity contribution >= 4 is 23.2 Å². The standard InChI is InChI=1S/C9H16N3O14P3/c13-5-1-2-11(9(16)10-5)8-7(15)6(14)4(26-8)3-25-29(23,24)12(27(17,18)19)28(20,21)22/h1-2,4,6-8,14-15H,3H2,(H,23,24)(H,10,13,16)(H2,17,18,19)(H2,20,21,22)/t4-,6-,7-,8-/m1/s1. The summed E-state index contributed by atoms with van der Waals surface area (Å²) in [4.78, 5) is 70.0. The van der Waals surface area contributed by atoms with Gasteiger partial charge in [0, 0.05) is 12.3 Å². The molecule has 0 saturated carbocycles. The number of aromatic nitrogens is 2. The molecule has 20 heteroatoms. The molecule has 5 atom stereocenters. The Morgan fingerprint density at radius 1 is 1.07 bits per heavy atom. The molecule has 1 aromatic heterocycles. The normalized spacial score (nSPS) is 27.9. The number of H-pyrrole nitrogens is 1. The molecule has 1 aliphatic rings. The van der Waals surface area contributed by atoms with E-state index >= 15 is 0 Å². The van der Waals surface area contributed by atoms with Crippen molar-refractivity contribution in [3.05, 3.63) is 33.1 Å². The molecule has 0 radical (unpaired) electrons. The van der Waals surface area contributed by atoms with E-state index in [1.807, 2.05) is 4.98 Å². The highest BCUT2D eigenvalue weighted by molar-refractivity contribution is 7.79. The number of ether oxygens (including phenoxy) is 1. The number of rotatable bonds is 7. The van der Waals surface area contributed by atoms with Crippen LogP contribution in [0.5, 0.6) is 0 Å². The molecule has 8 N–H and O–H groups in total. The minimum absolute atomic E-state index is 0.672. The maximum absolute atomic E-state index is 12.0. The summed E-state index contributed by atoms with van der Waals surface area (Å²) in [6.07, 6.45) is -6.03. The Balaban J connectivity index is 2.21. The highest BCUT2D eigenvalue weighted by atomic mass is 31.3. The molecule has 0 aliphatic carbocycles. The Labute approximate surface area is 159 Å². The van der Waals surface area contributed by atoms with Crippen LogP contribution in [0.3, 0.4) is 0 Å². The Morgan fingerprint density at radius 2 is 1.62 bits per heavy atom. The van der Waals surface area contributed by atoms with Gasteiger partial charge in [0.2, 0.25) is 0 Å². The van der Waals surface area contributed by atoms with Gasteiger partial charge in [0.1, 0.15) is 18.3 Å². The van der Waals surface area contributed by atoms with Crippen LogP contribution in [0.1, 0.15) is 6.23 Å². The number of aliphatic hydroxyl groups is 2. The zero-order valence-electron chi connectivity index (χ0n) is 13.9. The fourth-order valence-electron chi connectivity index (χ4n) is 2.39. The molecule has 1 unspecified atom stereocenters. The average molecular weight is 483 g/mol. The molecule has 2 rings (SSSR count). The predicted molar refractivity (Wildman–Crippen MR) is 89.0 cm³/mol. The van der Waals surface area contributed by atoms with E-state index in [2.05, 4.69) is 4.52 Å². The van der Waals surface area contributed by atoms with E-state index < -0.39 is 69.8 Å². The van der Waals surface area contributed by atoms with Crippen LogP contribution in [0.2, 0.25) is 0 Å². The average Bonchev–Trinajstić information content (AvgIpc) is 2.78. The third kappa shape index (κ3) is 5.37. The second-order valence-electron chi connectivity index (χ2n) is 5.64. The van der Waals surface area contributed by atoms with Crippen molar-refractivity contribution in [3.63, 3.8) is 0 Å². The molecule has 0 spiro atoms. The van der Waals surface area contributed by atoms with Gasteiger partial charge in [-0.15, -0.1) is 0 Å². The number of aliphatic hydroxyl groups excluding tert-OH is 2. The van der Waals surface area contributed by atoms with Crippen LogP contribution in [0.15, 0.2) is 21.9 Å². The van der Waals surface area contributed by atoms with E-state index in [0.29, 0.717) is 4.57 Å². The summed E-state index contributed by atoms with van der Waals surface area (Å²) in [7, 11) is -17.8. The highest BCUT2D eigenvalue weighted by Gasteiger charge is 2.54. The first kappa shape index (κ1) is 24.2. The molecule has 0 bridgehead atoms. The summed E-state index contributed by atoms with van der Waals surface area (Å²) in [5, 5.41) is 20.0. The summed E-state index contributed by atoms with van der Waals surface area (Å²) in [5.74, 6) is 0. The Hall–Kier alpha value is -1.03. The summed E-state index contributed by atoms with van der Waals surface area (Å²) in [5.41, 5.74) is -1.80. The van der Waals surface area contributed by atoms with Gasteiger partial charge in [-0.05, 0) is 4.21 Å². The van der Waals surface area contributed by atoms with Crippen molar-refractivity contribution in [3.8, 4) is 0 Å². The van der Waals surface area contributed by atoms with E-state index in [0.717, 1.165) is 12.3 Å². The summed E-state index contributed by atoms with van der Waals surface area (Å²) in [6, 6.07) is 0.896. The molecule has 1 aliphatic heterocycles. The van der Waals surface area contributed by atoms with Gasteiger partial charge in [-0.2, -0.15) is 0 Å². The van der Waals surface area contributed by atoms with Crippen LogP contribution in [0, 0.1) is 0 Å². The lowest BCUT2D eigenvalue weighted by atomic mass is 10.1.